The molecule has 114 valence electrons. The van der Waals surface area contributed by atoms with Crippen molar-refractivity contribution < 1.29 is 0 Å². The molecule has 0 aliphatic carbocycles. The number of hydrogen-bond donors (Lipinski definition) is 1. The molecule has 2 rings (SSSR count). The first-order valence-corrected chi connectivity index (χ1v) is 7.33. The maximum Gasteiger partial charge on any atom is 0.258 e. The molecule has 21 heavy (non-hydrogen) atoms. The highest BCUT2D eigenvalue weighted by atomic mass is 16.1. The zero-order chi connectivity index (χ0) is 15.4. The molecule has 0 aliphatic heterocycles. The summed E-state index contributed by atoms with van der Waals surface area (Å²) in [4.78, 5) is 18.7. The molecule has 0 aromatic carbocycles. The van der Waals surface area contributed by atoms with Crippen molar-refractivity contribution in [1.29, 1.82) is 0 Å². The van der Waals surface area contributed by atoms with Crippen molar-refractivity contribution in [2.45, 2.75) is 26.4 Å². The minimum absolute atomic E-state index is 0.0360. The number of aromatic nitrogens is 2. The Labute approximate surface area is 125 Å². The van der Waals surface area contributed by atoms with Crippen molar-refractivity contribution in [3.05, 3.63) is 46.5 Å². The lowest BCUT2D eigenvalue weighted by Gasteiger charge is -2.25. The first-order chi connectivity index (χ1) is 9.97. The first kappa shape index (κ1) is 15.7. The van der Waals surface area contributed by atoms with E-state index in [-0.39, 0.29) is 5.56 Å². The van der Waals surface area contributed by atoms with Crippen LogP contribution in [0, 0.1) is 5.92 Å². The Hall–Kier alpha value is -1.72. The summed E-state index contributed by atoms with van der Waals surface area (Å²) in [5, 5.41) is 3.51. The Morgan fingerprint density at radius 3 is 2.76 bits per heavy atom. The van der Waals surface area contributed by atoms with Crippen LogP contribution in [0.4, 0.5) is 0 Å². The SMILES string of the molecule is CC(C)C(CN(C)C)NCc1cc(=O)n2ccccc2n1. The number of nitrogens with zero attached hydrogens (tertiary/aromatic N) is 3. The fourth-order valence-electron chi connectivity index (χ4n) is 2.33. The molecule has 2 aromatic rings. The van der Waals surface area contributed by atoms with Crippen molar-refractivity contribution in [3.8, 4) is 0 Å². The minimum atomic E-state index is -0.0360. The van der Waals surface area contributed by atoms with Crippen LogP contribution < -0.4 is 10.9 Å². The number of likely N-dealkylation sites (N-methyl/N-ethyl adjacent to an activating group) is 1. The van der Waals surface area contributed by atoms with E-state index in [1.807, 2.05) is 18.2 Å². The average molecular weight is 288 g/mol. The maximum atomic E-state index is 12.0. The maximum absolute atomic E-state index is 12.0. The number of rotatable bonds is 6. The monoisotopic (exact) mass is 288 g/mol. The van der Waals surface area contributed by atoms with Crippen LogP contribution in [0.5, 0.6) is 0 Å². The second kappa shape index (κ2) is 6.83. The summed E-state index contributed by atoms with van der Waals surface area (Å²) < 4.78 is 1.56. The van der Waals surface area contributed by atoms with Crippen LogP contribution in [0.25, 0.3) is 5.65 Å². The van der Waals surface area contributed by atoms with E-state index >= 15 is 0 Å². The van der Waals surface area contributed by atoms with Gasteiger partial charge < -0.3 is 10.2 Å². The molecule has 1 atom stereocenters. The molecule has 0 amide bonds. The second-order valence-corrected chi connectivity index (χ2v) is 6.01. The molecule has 0 bridgehead atoms. The predicted octanol–water partition coefficient (Wildman–Crippen LogP) is 1.37. The van der Waals surface area contributed by atoms with Crippen LogP contribution >= 0.6 is 0 Å². The molecule has 0 spiro atoms. The third kappa shape index (κ3) is 4.12. The van der Waals surface area contributed by atoms with Crippen molar-refractivity contribution in [2.75, 3.05) is 20.6 Å². The van der Waals surface area contributed by atoms with E-state index in [9.17, 15) is 4.79 Å². The van der Waals surface area contributed by atoms with E-state index in [1.165, 1.54) is 0 Å². The van der Waals surface area contributed by atoms with Crippen LogP contribution in [0.1, 0.15) is 19.5 Å². The largest absolute Gasteiger partial charge is 0.308 e. The summed E-state index contributed by atoms with van der Waals surface area (Å²) >= 11 is 0. The summed E-state index contributed by atoms with van der Waals surface area (Å²) in [6.45, 7) is 5.97. The molecule has 1 unspecified atom stereocenters. The van der Waals surface area contributed by atoms with Gasteiger partial charge in [0.2, 0.25) is 0 Å². The molecule has 0 saturated carbocycles. The number of hydrogen-bond acceptors (Lipinski definition) is 4. The van der Waals surface area contributed by atoms with Crippen LogP contribution in [0.3, 0.4) is 0 Å². The van der Waals surface area contributed by atoms with Crippen molar-refractivity contribution in [3.63, 3.8) is 0 Å². The van der Waals surface area contributed by atoms with Gasteiger partial charge in [0, 0.05) is 31.4 Å². The van der Waals surface area contributed by atoms with Crippen molar-refractivity contribution >= 4 is 5.65 Å². The number of pyridine rings is 1. The smallest absolute Gasteiger partial charge is 0.258 e. The van der Waals surface area contributed by atoms with Crippen LogP contribution in [-0.4, -0.2) is 41.0 Å². The molecule has 2 heterocycles. The average Bonchev–Trinajstić information content (AvgIpc) is 2.43. The van der Waals surface area contributed by atoms with Crippen molar-refractivity contribution in [1.82, 2.24) is 19.6 Å². The Balaban J connectivity index is 2.14. The zero-order valence-electron chi connectivity index (χ0n) is 13.2. The van der Waals surface area contributed by atoms with E-state index < -0.39 is 0 Å². The van der Waals surface area contributed by atoms with Gasteiger partial charge in [-0.05, 0) is 32.1 Å². The molecular formula is C16H24N4O. The summed E-state index contributed by atoms with van der Waals surface area (Å²) in [5.74, 6) is 0.522. The van der Waals surface area contributed by atoms with Crippen LogP contribution in [0.15, 0.2) is 35.3 Å². The Morgan fingerprint density at radius 1 is 1.33 bits per heavy atom. The van der Waals surface area contributed by atoms with Gasteiger partial charge in [-0.3, -0.25) is 9.20 Å². The third-order valence-electron chi connectivity index (χ3n) is 3.54. The highest BCUT2D eigenvalue weighted by molar-refractivity contribution is 5.37. The topological polar surface area (TPSA) is 49.6 Å². The fourth-order valence-corrected chi connectivity index (χ4v) is 2.33. The molecule has 5 heteroatoms. The predicted molar refractivity (Wildman–Crippen MR) is 85.5 cm³/mol. The lowest BCUT2D eigenvalue weighted by Crippen LogP contribution is -2.41. The summed E-state index contributed by atoms with van der Waals surface area (Å²) in [5.41, 5.74) is 1.44. The standard InChI is InChI=1S/C16H24N4O/c1-12(2)14(11-19(3)4)17-10-13-9-16(21)20-8-6-5-7-15(20)18-13/h5-9,12,14,17H,10-11H2,1-4H3. The van der Waals surface area contributed by atoms with Gasteiger partial charge in [-0.15, -0.1) is 0 Å². The second-order valence-electron chi connectivity index (χ2n) is 6.01. The lowest BCUT2D eigenvalue weighted by atomic mass is 10.0. The van der Waals surface area contributed by atoms with Gasteiger partial charge in [-0.25, -0.2) is 4.98 Å². The van der Waals surface area contributed by atoms with Gasteiger partial charge >= 0.3 is 0 Å². The number of fused-ring (bicyclic) bond motifs is 1. The van der Waals surface area contributed by atoms with Gasteiger partial charge in [0.25, 0.3) is 5.56 Å². The van der Waals surface area contributed by atoms with E-state index in [2.05, 4.69) is 43.1 Å². The summed E-state index contributed by atoms with van der Waals surface area (Å²) in [6.07, 6.45) is 1.74. The van der Waals surface area contributed by atoms with Crippen LogP contribution in [0.2, 0.25) is 0 Å². The molecule has 5 nitrogen and oxygen atoms in total. The highest BCUT2D eigenvalue weighted by Gasteiger charge is 2.14. The molecule has 2 aromatic heterocycles. The van der Waals surface area contributed by atoms with Crippen LogP contribution in [-0.2, 0) is 6.54 Å². The Kier molecular flexibility index (Phi) is 5.09. The molecular weight excluding hydrogens is 264 g/mol. The first-order valence-electron chi connectivity index (χ1n) is 7.33. The molecule has 0 fully saturated rings. The van der Waals surface area contributed by atoms with E-state index in [4.69, 9.17) is 0 Å². The van der Waals surface area contributed by atoms with E-state index in [1.54, 1.807) is 16.7 Å². The Morgan fingerprint density at radius 2 is 2.10 bits per heavy atom. The summed E-state index contributed by atoms with van der Waals surface area (Å²) in [6, 6.07) is 7.55. The van der Waals surface area contributed by atoms with Gasteiger partial charge in [0.15, 0.2) is 0 Å². The molecule has 0 radical (unpaired) electrons. The van der Waals surface area contributed by atoms with E-state index in [0.29, 0.717) is 24.2 Å². The van der Waals surface area contributed by atoms with Gasteiger partial charge in [0.1, 0.15) is 5.65 Å². The quantitative estimate of drug-likeness (QED) is 0.872. The van der Waals surface area contributed by atoms with Gasteiger partial charge in [0.05, 0.1) is 5.69 Å². The third-order valence-corrected chi connectivity index (χ3v) is 3.54. The normalized spacial score (nSPS) is 13.2. The summed E-state index contributed by atoms with van der Waals surface area (Å²) in [7, 11) is 4.13. The minimum Gasteiger partial charge on any atom is -0.308 e. The molecule has 0 aliphatic rings. The van der Waals surface area contributed by atoms with E-state index in [0.717, 1.165) is 12.2 Å². The lowest BCUT2D eigenvalue weighted by molar-refractivity contribution is 0.287. The Bertz CT molecular complexity index is 648. The van der Waals surface area contributed by atoms with Gasteiger partial charge in [-0.2, -0.15) is 0 Å². The highest BCUT2D eigenvalue weighted by Crippen LogP contribution is 2.05. The fraction of sp³-hybridized carbons (Fsp3) is 0.500. The molecule has 0 saturated heterocycles. The van der Waals surface area contributed by atoms with Gasteiger partial charge in [-0.1, -0.05) is 19.9 Å². The molecule has 1 N–H and O–H groups in total. The van der Waals surface area contributed by atoms with Crippen molar-refractivity contribution in [2.24, 2.45) is 5.92 Å². The number of nitrogens with one attached hydrogen (secondary N) is 1. The zero-order valence-corrected chi connectivity index (χ0v) is 13.2.